The highest BCUT2D eigenvalue weighted by molar-refractivity contribution is 5.37. The van der Waals surface area contributed by atoms with Crippen molar-refractivity contribution in [2.24, 2.45) is 5.73 Å². The van der Waals surface area contributed by atoms with Crippen molar-refractivity contribution in [2.75, 3.05) is 13.1 Å². The maximum absolute atomic E-state index is 5.80. The SMILES string of the molecule is C[C@H](CN)NCC1Cc2ccccc2O1. The fourth-order valence-electron chi connectivity index (χ4n) is 1.78. The van der Waals surface area contributed by atoms with Crippen LogP contribution in [-0.2, 0) is 6.42 Å². The normalized spacial score (nSPS) is 20.8. The lowest BCUT2D eigenvalue weighted by Gasteiger charge is -2.15. The zero-order valence-electron chi connectivity index (χ0n) is 9.07. The van der Waals surface area contributed by atoms with Gasteiger partial charge in [0.05, 0.1) is 0 Å². The summed E-state index contributed by atoms with van der Waals surface area (Å²) in [7, 11) is 0. The molecule has 3 N–H and O–H groups in total. The predicted molar refractivity (Wildman–Crippen MR) is 61.1 cm³/mol. The zero-order valence-corrected chi connectivity index (χ0v) is 9.07. The molecule has 0 aliphatic carbocycles. The van der Waals surface area contributed by atoms with E-state index in [-0.39, 0.29) is 6.10 Å². The fraction of sp³-hybridized carbons (Fsp3) is 0.500. The maximum Gasteiger partial charge on any atom is 0.123 e. The van der Waals surface area contributed by atoms with E-state index in [1.807, 2.05) is 12.1 Å². The van der Waals surface area contributed by atoms with Crippen molar-refractivity contribution in [3.63, 3.8) is 0 Å². The van der Waals surface area contributed by atoms with E-state index in [1.165, 1.54) is 5.56 Å². The summed E-state index contributed by atoms with van der Waals surface area (Å²) in [5.41, 5.74) is 6.85. The van der Waals surface area contributed by atoms with E-state index in [4.69, 9.17) is 10.5 Å². The molecule has 1 aliphatic heterocycles. The number of hydrogen-bond acceptors (Lipinski definition) is 3. The fourth-order valence-corrected chi connectivity index (χ4v) is 1.78. The van der Waals surface area contributed by atoms with Gasteiger partial charge in [-0.2, -0.15) is 0 Å². The average Bonchev–Trinajstić information content (AvgIpc) is 2.68. The molecule has 1 aromatic rings. The van der Waals surface area contributed by atoms with Crippen LogP contribution in [0.1, 0.15) is 12.5 Å². The van der Waals surface area contributed by atoms with Crippen molar-refractivity contribution >= 4 is 0 Å². The maximum atomic E-state index is 5.80. The topological polar surface area (TPSA) is 47.3 Å². The van der Waals surface area contributed by atoms with Crippen molar-refractivity contribution in [1.29, 1.82) is 0 Å². The number of hydrogen-bond donors (Lipinski definition) is 2. The standard InChI is InChI=1S/C12H18N2O/c1-9(7-13)14-8-11-6-10-4-2-3-5-12(10)15-11/h2-5,9,11,14H,6-8,13H2,1H3/t9-,11?/m1/s1. The molecule has 1 aliphatic rings. The molecule has 0 amide bonds. The molecule has 3 nitrogen and oxygen atoms in total. The Morgan fingerprint density at radius 1 is 1.53 bits per heavy atom. The van der Waals surface area contributed by atoms with Crippen LogP contribution < -0.4 is 15.8 Å². The van der Waals surface area contributed by atoms with E-state index in [1.54, 1.807) is 0 Å². The van der Waals surface area contributed by atoms with Crippen LogP contribution >= 0.6 is 0 Å². The number of ether oxygens (including phenoxy) is 1. The predicted octanol–water partition coefficient (Wildman–Crippen LogP) is 0.927. The van der Waals surface area contributed by atoms with Crippen molar-refractivity contribution < 1.29 is 4.74 Å². The van der Waals surface area contributed by atoms with Gasteiger partial charge < -0.3 is 15.8 Å². The van der Waals surface area contributed by atoms with Gasteiger partial charge in [-0.3, -0.25) is 0 Å². The number of rotatable bonds is 4. The monoisotopic (exact) mass is 206 g/mol. The third kappa shape index (κ3) is 2.49. The third-order valence-electron chi connectivity index (χ3n) is 2.76. The minimum Gasteiger partial charge on any atom is -0.488 e. The lowest BCUT2D eigenvalue weighted by molar-refractivity contribution is 0.223. The van der Waals surface area contributed by atoms with Crippen molar-refractivity contribution in [3.05, 3.63) is 29.8 Å². The quantitative estimate of drug-likeness (QED) is 0.770. The molecule has 0 spiro atoms. The zero-order chi connectivity index (χ0) is 10.7. The van der Waals surface area contributed by atoms with Crippen LogP contribution in [0.3, 0.4) is 0 Å². The van der Waals surface area contributed by atoms with Crippen LogP contribution in [0.15, 0.2) is 24.3 Å². The Morgan fingerprint density at radius 2 is 2.33 bits per heavy atom. The molecule has 2 rings (SSSR count). The summed E-state index contributed by atoms with van der Waals surface area (Å²) in [5.74, 6) is 1.03. The lowest BCUT2D eigenvalue weighted by Crippen LogP contribution is -2.39. The van der Waals surface area contributed by atoms with Crippen LogP contribution in [0.2, 0.25) is 0 Å². The Labute approximate surface area is 90.6 Å². The molecule has 82 valence electrons. The summed E-state index contributed by atoms with van der Waals surface area (Å²) >= 11 is 0. The van der Waals surface area contributed by atoms with E-state index in [9.17, 15) is 0 Å². The lowest BCUT2D eigenvalue weighted by atomic mass is 10.1. The Hall–Kier alpha value is -1.06. The molecule has 0 bridgehead atoms. The van der Waals surface area contributed by atoms with Crippen molar-refractivity contribution in [1.82, 2.24) is 5.32 Å². The second kappa shape index (κ2) is 4.64. The highest BCUT2D eigenvalue weighted by Gasteiger charge is 2.21. The van der Waals surface area contributed by atoms with Gasteiger partial charge >= 0.3 is 0 Å². The van der Waals surface area contributed by atoms with Gasteiger partial charge in [0.1, 0.15) is 11.9 Å². The van der Waals surface area contributed by atoms with E-state index in [0.717, 1.165) is 18.7 Å². The molecule has 0 fully saturated rings. The first kappa shape index (κ1) is 10.5. The minimum absolute atomic E-state index is 0.261. The molecule has 2 atom stereocenters. The third-order valence-corrected chi connectivity index (χ3v) is 2.76. The number of para-hydroxylation sites is 1. The number of benzene rings is 1. The van der Waals surface area contributed by atoms with Crippen molar-refractivity contribution in [3.8, 4) is 5.75 Å². The van der Waals surface area contributed by atoms with Gasteiger partial charge in [-0.15, -0.1) is 0 Å². The molecule has 15 heavy (non-hydrogen) atoms. The summed E-state index contributed by atoms with van der Waals surface area (Å²) in [6, 6.07) is 8.58. The first-order valence-electron chi connectivity index (χ1n) is 5.47. The van der Waals surface area contributed by atoms with Gasteiger partial charge in [-0.05, 0) is 18.6 Å². The summed E-state index contributed by atoms with van der Waals surface area (Å²) in [6.07, 6.45) is 1.26. The van der Waals surface area contributed by atoms with Gasteiger partial charge in [0.2, 0.25) is 0 Å². The largest absolute Gasteiger partial charge is 0.488 e. The molecule has 1 heterocycles. The first-order valence-corrected chi connectivity index (χ1v) is 5.47. The Morgan fingerprint density at radius 3 is 3.07 bits per heavy atom. The Balaban J connectivity index is 1.85. The van der Waals surface area contributed by atoms with Gasteiger partial charge in [0.25, 0.3) is 0 Å². The van der Waals surface area contributed by atoms with Gasteiger partial charge in [0, 0.05) is 25.6 Å². The van der Waals surface area contributed by atoms with E-state index in [0.29, 0.717) is 12.6 Å². The molecular weight excluding hydrogens is 188 g/mol. The van der Waals surface area contributed by atoms with Gasteiger partial charge in [0.15, 0.2) is 0 Å². The molecule has 0 aromatic heterocycles. The van der Waals surface area contributed by atoms with Crippen LogP contribution in [0, 0.1) is 0 Å². The number of fused-ring (bicyclic) bond motifs is 1. The minimum atomic E-state index is 0.261. The van der Waals surface area contributed by atoms with E-state index < -0.39 is 0 Å². The molecule has 0 radical (unpaired) electrons. The van der Waals surface area contributed by atoms with Crippen molar-refractivity contribution in [2.45, 2.75) is 25.5 Å². The van der Waals surface area contributed by atoms with E-state index >= 15 is 0 Å². The van der Waals surface area contributed by atoms with Crippen LogP contribution in [0.25, 0.3) is 0 Å². The highest BCUT2D eigenvalue weighted by Crippen LogP contribution is 2.27. The van der Waals surface area contributed by atoms with E-state index in [2.05, 4.69) is 24.4 Å². The number of nitrogens with two attached hydrogens (primary N) is 1. The van der Waals surface area contributed by atoms with Gasteiger partial charge in [-0.25, -0.2) is 0 Å². The molecule has 1 unspecified atom stereocenters. The molecule has 0 saturated heterocycles. The average molecular weight is 206 g/mol. The molecule has 1 aromatic carbocycles. The summed E-state index contributed by atoms with van der Waals surface area (Å²) in [4.78, 5) is 0. The van der Waals surface area contributed by atoms with Gasteiger partial charge in [-0.1, -0.05) is 18.2 Å². The summed E-state index contributed by atoms with van der Waals surface area (Å²) in [5, 5.41) is 3.36. The Kier molecular flexibility index (Phi) is 3.23. The second-order valence-corrected chi connectivity index (χ2v) is 4.10. The molecule has 3 heteroatoms. The molecular formula is C12H18N2O. The van der Waals surface area contributed by atoms with Crippen LogP contribution in [0.5, 0.6) is 5.75 Å². The van der Waals surface area contributed by atoms with Crippen LogP contribution in [0.4, 0.5) is 0 Å². The summed E-state index contributed by atoms with van der Waals surface area (Å²) < 4.78 is 5.80. The first-order chi connectivity index (χ1) is 7.29. The van der Waals surface area contributed by atoms with Crippen LogP contribution in [-0.4, -0.2) is 25.2 Å². The number of nitrogens with one attached hydrogen (secondary N) is 1. The second-order valence-electron chi connectivity index (χ2n) is 4.10. The smallest absolute Gasteiger partial charge is 0.123 e. The summed E-state index contributed by atoms with van der Waals surface area (Å²) in [6.45, 7) is 3.62. The Bertz CT molecular complexity index is 302. The molecule has 0 saturated carbocycles. The highest BCUT2D eigenvalue weighted by atomic mass is 16.5.